The Hall–Kier alpha value is -2.23. The van der Waals surface area contributed by atoms with Crippen LogP contribution in [0, 0.1) is 0 Å². The van der Waals surface area contributed by atoms with E-state index in [2.05, 4.69) is 9.97 Å². The quantitative estimate of drug-likeness (QED) is 0.545. The highest BCUT2D eigenvalue weighted by atomic mass is 35.5. The summed E-state index contributed by atoms with van der Waals surface area (Å²) in [5, 5.41) is 0.557. The molecule has 0 aliphatic rings. The van der Waals surface area contributed by atoms with Crippen LogP contribution in [0.3, 0.4) is 0 Å². The first-order chi connectivity index (χ1) is 13.2. The Morgan fingerprint density at radius 2 is 2.04 bits per heavy atom. The van der Waals surface area contributed by atoms with Gasteiger partial charge in [-0.2, -0.15) is 0 Å². The average molecular weight is 439 g/mol. The fourth-order valence-corrected chi connectivity index (χ4v) is 5.87. The van der Waals surface area contributed by atoms with Crippen molar-refractivity contribution in [3.05, 3.63) is 34.4 Å². The number of primary amides is 1. The van der Waals surface area contributed by atoms with Gasteiger partial charge >= 0.3 is 0 Å². The third-order valence-electron chi connectivity index (χ3n) is 4.14. The number of thiazole rings is 1. The Labute approximate surface area is 171 Å². The Bertz CT molecular complexity index is 1160. The van der Waals surface area contributed by atoms with Crippen molar-refractivity contribution in [1.82, 2.24) is 9.97 Å². The zero-order chi connectivity index (χ0) is 20.5. The van der Waals surface area contributed by atoms with E-state index in [9.17, 15) is 13.2 Å². The number of aromatic nitrogens is 2. The van der Waals surface area contributed by atoms with Crippen LogP contribution in [-0.4, -0.2) is 30.0 Å². The van der Waals surface area contributed by atoms with Gasteiger partial charge in [0.1, 0.15) is 16.0 Å². The molecule has 148 valence electrons. The Balaban J connectivity index is 2.27. The molecule has 0 unspecified atom stereocenters. The molecule has 3 aromatic rings. The van der Waals surface area contributed by atoms with E-state index in [1.165, 1.54) is 17.4 Å². The van der Waals surface area contributed by atoms with Gasteiger partial charge < -0.3 is 11.5 Å². The summed E-state index contributed by atoms with van der Waals surface area (Å²) in [6.45, 7) is 1.92. The molecule has 1 aromatic carbocycles. The number of nitrogens with zero attached hydrogens (tertiary/aromatic N) is 2. The Morgan fingerprint density at radius 1 is 1.29 bits per heavy atom. The third kappa shape index (κ3) is 4.11. The van der Waals surface area contributed by atoms with Crippen molar-refractivity contribution in [3.8, 4) is 11.1 Å². The molecule has 2 aromatic heterocycles. The van der Waals surface area contributed by atoms with E-state index in [4.69, 9.17) is 23.1 Å². The molecular formula is C18H19ClN4O3S2. The summed E-state index contributed by atoms with van der Waals surface area (Å²) in [6.07, 6.45) is 1.26. The van der Waals surface area contributed by atoms with Gasteiger partial charge in [0.15, 0.2) is 9.84 Å². The van der Waals surface area contributed by atoms with Crippen molar-refractivity contribution in [2.45, 2.75) is 31.1 Å². The molecule has 1 amide bonds. The lowest BCUT2D eigenvalue weighted by molar-refractivity contribution is -0.117. The number of pyridine rings is 1. The SMILES string of the molecule is CCCCS(=O)(=O)c1cc(Cl)nc(N)c1-c1cccc2sc(CC(N)=O)nc12. The molecule has 0 aliphatic heterocycles. The topological polar surface area (TPSA) is 129 Å². The van der Waals surface area contributed by atoms with Crippen LogP contribution in [0.5, 0.6) is 0 Å². The van der Waals surface area contributed by atoms with Gasteiger partial charge in [-0.1, -0.05) is 37.1 Å². The smallest absolute Gasteiger partial charge is 0.224 e. The molecule has 0 saturated carbocycles. The number of sulfone groups is 1. The summed E-state index contributed by atoms with van der Waals surface area (Å²) in [7, 11) is -3.63. The highest BCUT2D eigenvalue weighted by Gasteiger charge is 2.25. The number of fused-ring (bicyclic) bond motifs is 1. The van der Waals surface area contributed by atoms with Crippen molar-refractivity contribution in [2.75, 3.05) is 11.5 Å². The number of unbranched alkanes of at least 4 members (excludes halogenated alkanes) is 1. The zero-order valence-electron chi connectivity index (χ0n) is 15.1. The number of anilines is 1. The van der Waals surface area contributed by atoms with Gasteiger partial charge in [0.25, 0.3) is 0 Å². The Kier molecular flexibility index (Phi) is 5.87. The average Bonchev–Trinajstić information content (AvgIpc) is 3.01. The van der Waals surface area contributed by atoms with Crippen LogP contribution in [0.15, 0.2) is 29.2 Å². The van der Waals surface area contributed by atoms with Gasteiger partial charge in [-0.3, -0.25) is 4.79 Å². The van der Waals surface area contributed by atoms with E-state index < -0.39 is 15.7 Å². The molecular weight excluding hydrogens is 420 g/mol. The minimum absolute atomic E-state index is 0.00872. The summed E-state index contributed by atoms with van der Waals surface area (Å²) < 4.78 is 26.7. The fraction of sp³-hybridized carbons (Fsp3) is 0.278. The van der Waals surface area contributed by atoms with Crippen molar-refractivity contribution in [1.29, 1.82) is 0 Å². The summed E-state index contributed by atoms with van der Waals surface area (Å²) >= 11 is 7.33. The summed E-state index contributed by atoms with van der Waals surface area (Å²) in [5.74, 6) is -0.494. The second-order valence-electron chi connectivity index (χ2n) is 6.28. The molecule has 0 aliphatic carbocycles. The number of carbonyl (C=O) groups excluding carboxylic acids is 1. The molecule has 0 atom stereocenters. The molecule has 7 nitrogen and oxygen atoms in total. The molecule has 0 bridgehead atoms. The number of nitrogen functional groups attached to an aromatic ring is 1. The third-order valence-corrected chi connectivity index (χ3v) is 7.17. The molecule has 0 spiro atoms. The van der Waals surface area contributed by atoms with Gasteiger partial charge in [0, 0.05) is 11.1 Å². The molecule has 2 heterocycles. The predicted octanol–water partition coefficient (Wildman–Crippen LogP) is 3.20. The minimum atomic E-state index is -3.63. The van der Waals surface area contributed by atoms with Crippen LogP contribution in [-0.2, 0) is 21.1 Å². The maximum atomic E-state index is 13.0. The number of carbonyl (C=O) groups is 1. The number of hydrogen-bond acceptors (Lipinski definition) is 7. The van der Waals surface area contributed by atoms with E-state index in [1.807, 2.05) is 13.0 Å². The first-order valence-electron chi connectivity index (χ1n) is 8.58. The molecule has 3 rings (SSSR count). The normalized spacial score (nSPS) is 11.8. The monoisotopic (exact) mass is 438 g/mol. The number of halogens is 1. The second-order valence-corrected chi connectivity index (χ2v) is 9.86. The van der Waals surface area contributed by atoms with Crippen molar-refractivity contribution in [2.24, 2.45) is 5.73 Å². The number of amides is 1. The lowest BCUT2D eigenvalue weighted by Gasteiger charge is -2.14. The maximum Gasteiger partial charge on any atom is 0.224 e. The highest BCUT2D eigenvalue weighted by Crippen LogP contribution is 2.39. The van der Waals surface area contributed by atoms with E-state index in [0.717, 1.165) is 11.1 Å². The lowest BCUT2D eigenvalue weighted by Crippen LogP contribution is -2.13. The number of rotatable bonds is 7. The molecule has 4 N–H and O–H groups in total. The van der Waals surface area contributed by atoms with Crippen LogP contribution >= 0.6 is 22.9 Å². The highest BCUT2D eigenvalue weighted by molar-refractivity contribution is 7.91. The number of para-hydroxylation sites is 1. The van der Waals surface area contributed by atoms with Gasteiger partial charge in [0.05, 0.1) is 27.3 Å². The molecule has 0 fully saturated rings. The van der Waals surface area contributed by atoms with Crippen LogP contribution in [0.2, 0.25) is 5.15 Å². The van der Waals surface area contributed by atoms with E-state index in [-0.39, 0.29) is 33.6 Å². The van der Waals surface area contributed by atoms with E-state index in [0.29, 0.717) is 22.5 Å². The first-order valence-corrected chi connectivity index (χ1v) is 11.4. The van der Waals surface area contributed by atoms with Crippen LogP contribution in [0.4, 0.5) is 5.82 Å². The summed E-state index contributed by atoms with van der Waals surface area (Å²) in [6, 6.07) is 6.68. The van der Waals surface area contributed by atoms with Crippen LogP contribution in [0.25, 0.3) is 21.3 Å². The maximum absolute atomic E-state index is 13.0. The molecule has 0 saturated heterocycles. The van der Waals surface area contributed by atoms with E-state index >= 15 is 0 Å². The van der Waals surface area contributed by atoms with Crippen LogP contribution in [0.1, 0.15) is 24.8 Å². The number of hydrogen-bond donors (Lipinski definition) is 2. The zero-order valence-corrected chi connectivity index (χ0v) is 17.5. The summed E-state index contributed by atoms with van der Waals surface area (Å²) in [4.78, 5) is 19.8. The summed E-state index contributed by atoms with van der Waals surface area (Å²) in [5.41, 5.74) is 12.7. The first kappa shape index (κ1) is 20.5. The number of benzene rings is 1. The number of nitrogens with two attached hydrogens (primary N) is 2. The van der Waals surface area contributed by atoms with Gasteiger partial charge in [-0.05, 0) is 18.6 Å². The largest absolute Gasteiger partial charge is 0.383 e. The van der Waals surface area contributed by atoms with Crippen LogP contribution < -0.4 is 11.5 Å². The van der Waals surface area contributed by atoms with Gasteiger partial charge in [-0.25, -0.2) is 18.4 Å². The van der Waals surface area contributed by atoms with E-state index in [1.54, 1.807) is 12.1 Å². The predicted molar refractivity (Wildman–Crippen MR) is 112 cm³/mol. The van der Waals surface area contributed by atoms with Gasteiger partial charge in [-0.15, -0.1) is 11.3 Å². The van der Waals surface area contributed by atoms with Gasteiger partial charge in [0.2, 0.25) is 5.91 Å². The fourth-order valence-electron chi connectivity index (χ4n) is 2.89. The minimum Gasteiger partial charge on any atom is -0.383 e. The van der Waals surface area contributed by atoms with Crippen molar-refractivity contribution in [3.63, 3.8) is 0 Å². The molecule has 0 radical (unpaired) electrons. The second kappa shape index (κ2) is 8.02. The standard InChI is InChI=1S/C18H19ClN4O3S2/c1-2-3-7-28(25,26)12-8-13(19)22-18(21)16(12)10-5-4-6-11-17(10)23-15(27-11)9-14(20)24/h4-6,8H,2-3,7,9H2,1H3,(H2,20,24)(H2,21,22). The molecule has 10 heteroatoms. The lowest BCUT2D eigenvalue weighted by atomic mass is 10.1. The molecule has 28 heavy (non-hydrogen) atoms. The Morgan fingerprint density at radius 3 is 2.71 bits per heavy atom. The van der Waals surface area contributed by atoms with Crippen molar-refractivity contribution < 1.29 is 13.2 Å². The van der Waals surface area contributed by atoms with Crippen molar-refractivity contribution >= 4 is 54.7 Å².